The van der Waals surface area contributed by atoms with E-state index in [0.717, 1.165) is 43.7 Å². The monoisotopic (exact) mass is 340 g/mol. The molecule has 1 fully saturated rings. The Morgan fingerprint density at radius 1 is 1.24 bits per heavy atom. The van der Waals surface area contributed by atoms with E-state index >= 15 is 0 Å². The molecule has 0 radical (unpaired) electrons. The third-order valence-corrected chi connectivity index (χ3v) is 5.56. The molecule has 3 heterocycles. The number of nitrogens with zero attached hydrogens (tertiary/aromatic N) is 4. The number of aliphatic hydroxyl groups is 1. The van der Waals surface area contributed by atoms with E-state index in [-0.39, 0.29) is 12.5 Å². The molecule has 0 saturated carbocycles. The number of rotatable bonds is 4. The molecule has 1 aromatic carbocycles. The van der Waals surface area contributed by atoms with E-state index in [4.69, 9.17) is 0 Å². The number of aromatic nitrogens is 2. The van der Waals surface area contributed by atoms with Gasteiger partial charge in [-0.05, 0) is 37.6 Å². The molecule has 1 saturated heterocycles. The van der Waals surface area contributed by atoms with Gasteiger partial charge < -0.3 is 10.0 Å². The van der Waals surface area contributed by atoms with Crippen LogP contribution in [0.2, 0.25) is 0 Å². The van der Waals surface area contributed by atoms with Gasteiger partial charge >= 0.3 is 0 Å². The molecule has 0 unspecified atom stereocenters. The summed E-state index contributed by atoms with van der Waals surface area (Å²) < 4.78 is 1.82. The number of benzene rings is 1. The molecule has 6 nitrogen and oxygen atoms in total. The van der Waals surface area contributed by atoms with Crippen LogP contribution < -0.4 is 4.90 Å². The van der Waals surface area contributed by atoms with Crippen molar-refractivity contribution in [2.24, 2.45) is 7.05 Å². The lowest BCUT2D eigenvalue weighted by Crippen LogP contribution is -2.48. The van der Waals surface area contributed by atoms with Crippen molar-refractivity contribution in [3.05, 3.63) is 47.8 Å². The van der Waals surface area contributed by atoms with Crippen molar-refractivity contribution in [3.63, 3.8) is 0 Å². The SMILES string of the molecule is Cn1cc(CN2CCC3(CC2)C(=O)N(CCO)c2ccccc23)cn1. The summed E-state index contributed by atoms with van der Waals surface area (Å²) >= 11 is 0. The number of piperidine rings is 1. The first-order valence-corrected chi connectivity index (χ1v) is 8.86. The van der Waals surface area contributed by atoms with Crippen molar-refractivity contribution in [3.8, 4) is 0 Å². The number of likely N-dealkylation sites (tertiary alicyclic amines) is 1. The minimum Gasteiger partial charge on any atom is -0.395 e. The molecule has 1 amide bonds. The van der Waals surface area contributed by atoms with Gasteiger partial charge in [-0.1, -0.05) is 18.2 Å². The van der Waals surface area contributed by atoms with Crippen LogP contribution in [0.3, 0.4) is 0 Å². The molecule has 1 aromatic heterocycles. The molecular weight excluding hydrogens is 316 g/mol. The van der Waals surface area contributed by atoms with Crippen LogP contribution in [0, 0.1) is 0 Å². The standard InChI is InChI=1S/C19H24N4O2/c1-21-13-15(12-20-21)14-22-8-6-19(7-9-22)16-4-2-3-5-17(16)23(10-11-24)18(19)25/h2-5,12-13,24H,6-11,14H2,1H3. The highest BCUT2D eigenvalue weighted by Crippen LogP contribution is 2.47. The molecule has 6 heteroatoms. The van der Waals surface area contributed by atoms with Crippen molar-refractivity contribution in [2.75, 3.05) is 31.1 Å². The lowest BCUT2D eigenvalue weighted by molar-refractivity contribution is -0.125. The molecule has 2 aromatic rings. The van der Waals surface area contributed by atoms with E-state index in [1.54, 1.807) is 4.90 Å². The average Bonchev–Trinajstić information content (AvgIpc) is 3.13. The molecule has 25 heavy (non-hydrogen) atoms. The zero-order valence-electron chi connectivity index (χ0n) is 14.6. The smallest absolute Gasteiger partial charge is 0.237 e. The molecule has 0 aliphatic carbocycles. The highest BCUT2D eigenvalue weighted by molar-refractivity contribution is 6.08. The van der Waals surface area contributed by atoms with Crippen LogP contribution in [0.5, 0.6) is 0 Å². The summed E-state index contributed by atoms with van der Waals surface area (Å²) in [6.07, 6.45) is 5.60. The molecule has 0 bridgehead atoms. The van der Waals surface area contributed by atoms with Crippen LogP contribution in [0.15, 0.2) is 36.7 Å². The average molecular weight is 340 g/mol. The van der Waals surface area contributed by atoms with E-state index in [1.165, 1.54) is 5.56 Å². The zero-order valence-corrected chi connectivity index (χ0v) is 14.6. The number of aliphatic hydroxyl groups excluding tert-OH is 1. The number of β-amino-alcohol motifs (C(OH)–C–C–N with tert-alkyl or cyclic N) is 1. The molecule has 2 aliphatic rings. The van der Waals surface area contributed by atoms with Crippen molar-refractivity contribution in [1.29, 1.82) is 0 Å². The minimum atomic E-state index is -0.419. The quantitative estimate of drug-likeness (QED) is 0.911. The second-order valence-corrected chi connectivity index (χ2v) is 7.08. The third kappa shape index (κ3) is 2.65. The van der Waals surface area contributed by atoms with Crippen molar-refractivity contribution in [2.45, 2.75) is 24.8 Å². The van der Waals surface area contributed by atoms with E-state index in [9.17, 15) is 9.90 Å². The number of aryl methyl sites for hydroxylation is 1. The Balaban J connectivity index is 1.54. The van der Waals surface area contributed by atoms with Gasteiger partial charge in [0.25, 0.3) is 0 Å². The van der Waals surface area contributed by atoms with Gasteiger partial charge in [0.1, 0.15) is 0 Å². The Morgan fingerprint density at radius 3 is 2.68 bits per heavy atom. The summed E-state index contributed by atoms with van der Waals surface area (Å²) in [7, 11) is 1.93. The molecule has 2 aliphatic heterocycles. The van der Waals surface area contributed by atoms with Gasteiger partial charge in [-0.15, -0.1) is 0 Å². The molecule has 132 valence electrons. The van der Waals surface area contributed by atoms with E-state index in [2.05, 4.69) is 16.1 Å². The first-order chi connectivity index (χ1) is 12.1. The maximum atomic E-state index is 13.2. The summed E-state index contributed by atoms with van der Waals surface area (Å²) in [4.78, 5) is 17.3. The number of hydrogen-bond donors (Lipinski definition) is 1. The van der Waals surface area contributed by atoms with Crippen molar-refractivity contribution in [1.82, 2.24) is 14.7 Å². The number of hydrogen-bond acceptors (Lipinski definition) is 4. The fourth-order valence-electron chi connectivity index (χ4n) is 4.31. The molecule has 1 N–H and O–H groups in total. The predicted molar refractivity (Wildman–Crippen MR) is 95.3 cm³/mol. The van der Waals surface area contributed by atoms with Crippen LogP contribution in [0.25, 0.3) is 0 Å². The summed E-state index contributed by atoms with van der Waals surface area (Å²) in [5, 5.41) is 13.6. The van der Waals surface area contributed by atoms with E-state index < -0.39 is 5.41 Å². The van der Waals surface area contributed by atoms with Crippen LogP contribution in [-0.4, -0.2) is 51.9 Å². The van der Waals surface area contributed by atoms with Crippen LogP contribution in [0.1, 0.15) is 24.0 Å². The topological polar surface area (TPSA) is 61.6 Å². The Morgan fingerprint density at radius 2 is 2.00 bits per heavy atom. The lowest BCUT2D eigenvalue weighted by atomic mass is 9.73. The fraction of sp³-hybridized carbons (Fsp3) is 0.474. The van der Waals surface area contributed by atoms with Gasteiger partial charge in [0, 0.05) is 37.6 Å². The zero-order chi connectivity index (χ0) is 17.4. The number of carbonyl (C=O) groups is 1. The number of anilines is 1. The van der Waals surface area contributed by atoms with Gasteiger partial charge in [-0.25, -0.2) is 0 Å². The molecule has 0 atom stereocenters. The number of amides is 1. The van der Waals surface area contributed by atoms with Gasteiger partial charge in [0.15, 0.2) is 0 Å². The summed E-state index contributed by atoms with van der Waals surface area (Å²) in [5.74, 6) is 0.156. The van der Waals surface area contributed by atoms with Crippen LogP contribution >= 0.6 is 0 Å². The Bertz CT molecular complexity index is 777. The Kier molecular flexibility index (Phi) is 4.09. The van der Waals surface area contributed by atoms with Crippen LogP contribution in [0.4, 0.5) is 5.69 Å². The van der Waals surface area contributed by atoms with E-state index in [1.807, 2.05) is 42.3 Å². The highest BCUT2D eigenvalue weighted by Gasteiger charge is 2.51. The van der Waals surface area contributed by atoms with Crippen molar-refractivity contribution < 1.29 is 9.90 Å². The summed E-state index contributed by atoms with van der Waals surface area (Å²) in [6, 6.07) is 8.06. The second kappa shape index (κ2) is 6.28. The number of carbonyl (C=O) groups excluding carboxylic acids is 1. The number of fused-ring (bicyclic) bond motifs is 2. The van der Waals surface area contributed by atoms with Crippen LogP contribution in [-0.2, 0) is 23.8 Å². The molecule has 1 spiro atoms. The normalized spacial score (nSPS) is 19.6. The Labute approximate surface area is 147 Å². The summed E-state index contributed by atoms with van der Waals surface area (Å²) in [5.41, 5.74) is 2.90. The second-order valence-electron chi connectivity index (χ2n) is 7.08. The Hall–Kier alpha value is -2.18. The van der Waals surface area contributed by atoms with Crippen molar-refractivity contribution >= 4 is 11.6 Å². The predicted octanol–water partition coefficient (Wildman–Crippen LogP) is 1.29. The van der Waals surface area contributed by atoms with Gasteiger partial charge in [0.2, 0.25) is 5.91 Å². The largest absolute Gasteiger partial charge is 0.395 e. The minimum absolute atomic E-state index is 0.0106. The van der Waals surface area contributed by atoms with Gasteiger partial charge in [0.05, 0.1) is 18.2 Å². The van der Waals surface area contributed by atoms with Gasteiger partial charge in [-0.3, -0.25) is 14.4 Å². The molecule has 4 rings (SSSR count). The third-order valence-electron chi connectivity index (χ3n) is 5.56. The molecular formula is C19H24N4O2. The first-order valence-electron chi connectivity index (χ1n) is 8.86. The maximum Gasteiger partial charge on any atom is 0.237 e. The summed E-state index contributed by atoms with van der Waals surface area (Å²) in [6.45, 7) is 3.02. The lowest BCUT2D eigenvalue weighted by Gasteiger charge is -2.38. The maximum absolute atomic E-state index is 13.2. The van der Waals surface area contributed by atoms with E-state index in [0.29, 0.717) is 6.54 Å². The van der Waals surface area contributed by atoms with Gasteiger partial charge in [-0.2, -0.15) is 5.10 Å². The number of para-hydroxylation sites is 1. The first kappa shape index (κ1) is 16.3. The highest BCUT2D eigenvalue weighted by atomic mass is 16.3. The fourth-order valence-corrected chi connectivity index (χ4v) is 4.31.